The van der Waals surface area contributed by atoms with E-state index in [9.17, 15) is 4.79 Å². The Morgan fingerprint density at radius 3 is 2.35 bits per heavy atom. The van der Waals surface area contributed by atoms with Gasteiger partial charge in [-0.3, -0.25) is 4.79 Å². The highest BCUT2D eigenvalue weighted by Gasteiger charge is 2.37. The van der Waals surface area contributed by atoms with E-state index in [0.717, 1.165) is 38.0 Å². The Labute approximate surface area is 167 Å². The summed E-state index contributed by atoms with van der Waals surface area (Å²) in [7, 11) is 0. The summed E-state index contributed by atoms with van der Waals surface area (Å²) in [5, 5.41) is 3.84. The standard InChI is InChI=1S/C21H18ClNOS2/c1-21(16-9-5-6-10-17(16)22)13-15(14-7-3-2-4-8-14)18(19(24)23-21)20-25-11-12-26-20/h2-10,13H,11-12H2,1H3,(H,23,24). The number of amides is 1. The molecule has 5 heteroatoms. The van der Waals surface area contributed by atoms with Crippen molar-refractivity contribution < 1.29 is 4.79 Å². The second-order valence-corrected chi connectivity index (χ2v) is 9.30. The number of rotatable bonds is 2. The molecule has 0 aromatic heterocycles. The van der Waals surface area contributed by atoms with E-state index in [2.05, 4.69) is 23.5 Å². The van der Waals surface area contributed by atoms with Crippen molar-refractivity contribution in [1.29, 1.82) is 0 Å². The van der Waals surface area contributed by atoms with Gasteiger partial charge in [-0.25, -0.2) is 0 Å². The lowest BCUT2D eigenvalue weighted by Gasteiger charge is -2.35. The van der Waals surface area contributed by atoms with Gasteiger partial charge in [-0.2, -0.15) is 0 Å². The predicted octanol–water partition coefficient (Wildman–Crippen LogP) is 5.46. The zero-order chi connectivity index (χ0) is 18.1. The molecule has 0 saturated carbocycles. The second-order valence-electron chi connectivity index (χ2n) is 6.42. The number of thioether (sulfide) groups is 2. The fourth-order valence-electron chi connectivity index (χ4n) is 3.35. The van der Waals surface area contributed by atoms with Gasteiger partial charge in [0.1, 0.15) is 0 Å². The van der Waals surface area contributed by atoms with Gasteiger partial charge in [0, 0.05) is 16.5 Å². The molecule has 0 spiro atoms. The molecule has 0 bridgehead atoms. The summed E-state index contributed by atoms with van der Waals surface area (Å²) >= 11 is 9.98. The monoisotopic (exact) mass is 399 g/mol. The number of nitrogens with one attached hydrogen (secondary N) is 1. The molecule has 1 unspecified atom stereocenters. The van der Waals surface area contributed by atoms with E-state index in [1.54, 1.807) is 23.5 Å². The van der Waals surface area contributed by atoms with Crippen LogP contribution < -0.4 is 5.32 Å². The van der Waals surface area contributed by atoms with Crippen molar-refractivity contribution >= 4 is 46.6 Å². The number of benzene rings is 2. The van der Waals surface area contributed by atoms with Crippen molar-refractivity contribution in [3.8, 4) is 0 Å². The molecule has 0 radical (unpaired) electrons. The van der Waals surface area contributed by atoms with Crippen molar-refractivity contribution in [2.24, 2.45) is 0 Å². The summed E-state index contributed by atoms with van der Waals surface area (Å²) in [6.45, 7) is 2.01. The lowest BCUT2D eigenvalue weighted by Crippen LogP contribution is -2.46. The Morgan fingerprint density at radius 1 is 1.00 bits per heavy atom. The van der Waals surface area contributed by atoms with Gasteiger partial charge in [0.2, 0.25) is 0 Å². The molecule has 2 aliphatic rings. The maximum atomic E-state index is 13.2. The van der Waals surface area contributed by atoms with Crippen LogP contribution in [-0.2, 0) is 10.3 Å². The van der Waals surface area contributed by atoms with Crippen LogP contribution in [0, 0.1) is 0 Å². The first kappa shape index (κ1) is 17.8. The fraction of sp³-hybridized carbons (Fsp3) is 0.190. The Hall–Kier alpha value is -1.62. The van der Waals surface area contributed by atoms with Gasteiger partial charge in [-0.1, -0.05) is 60.1 Å². The molecule has 26 heavy (non-hydrogen) atoms. The smallest absolute Gasteiger partial charge is 0.254 e. The summed E-state index contributed by atoms with van der Waals surface area (Å²) in [5.74, 6) is 2.05. The van der Waals surface area contributed by atoms with Crippen LogP contribution in [0.2, 0.25) is 5.02 Å². The van der Waals surface area contributed by atoms with E-state index < -0.39 is 5.54 Å². The number of halogens is 1. The number of hydrogen-bond donors (Lipinski definition) is 1. The van der Waals surface area contributed by atoms with Crippen molar-refractivity contribution in [3.63, 3.8) is 0 Å². The molecule has 1 atom stereocenters. The molecule has 2 aromatic rings. The normalized spacial score (nSPS) is 23.0. The summed E-state index contributed by atoms with van der Waals surface area (Å²) < 4.78 is 1.11. The Morgan fingerprint density at radius 2 is 1.65 bits per heavy atom. The van der Waals surface area contributed by atoms with Crippen LogP contribution in [0.3, 0.4) is 0 Å². The Balaban J connectivity index is 1.93. The zero-order valence-corrected chi connectivity index (χ0v) is 16.7. The van der Waals surface area contributed by atoms with Gasteiger partial charge in [0.25, 0.3) is 5.91 Å². The molecule has 1 N–H and O–H groups in total. The summed E-state index contributed by atoms with van der Waals surface area (Å²) in [4.78, 5) is 13.2. The molecule has 2 aromatic carbocycles. The lowest BCUT2D eigenvalue weighted by molar-refractivity contribution is -0.118. The van der Waals surface area contributed by atoms with Crippen LogP contribution in [0.25, 0.3) is 5.57 Å². The first-order valence-electron chi connectivity index (χ1n) is 8.44. The molecular formula is C21H18ClNOS2. The summed E-state index contributed by atoms with van der Waals surface area (Å²) in [6, 6.07) is 17.8. The molecule has 132 valence electrons. The molecule has 2 aliphatic heterocycles. The van der Waals surface area contributed by atoms with Crippen molar-refractivity contribution in [1.82, 2.24) is 5.32 Å². The SMILES string of the molecule is CC1(c2ccccc2Cl)C=C(c2ccccc2)C(=C2SCCS2)C(=O)N1. The number of hydrogen-bond acceptors (Lipinski definition) is 3. The van der Waals surface area contributed by atoms with Crippen molar-refractivity contribution in [2.75, 3.05) is 11.5 Å². The fourth-order valence-corrected chi connectivity index (χ4v) is 6.24. The third kappa shape index (κ3) is 3.22. The predicted molar refractivity (Wildman–Crippen MR) is 113 cm³/mol. The average molecular weight is 400 g/mol. The summed E-state index contributed by atoms with van der Waals surface area (Å²) in [5.41, 5.74) is 3.07. The largest absolute Gasteiger partial charge is 0.339 e. The van der Waals surface area contributed by atoms with Crippen LogP contribution in [0.5, 0.6) is 0 Å². The quantitative estimate of drug-likeness (QED) is 0.680. The highest BCUT2D eigenvalue weighted by molar-refractivity contribution is 8.25. The molecule has 0 aliphatic carbocycles. The minimum atomic E-state index is -0.654. The van der Waals surface area contributed by atoms with Gasteiger partial charge in [-0.05, 0) is 35.8 Å². The van der Waals surface area contributed by atoms with E-state index in [1.165, 1.54) is 0 Å². The molecule has 1 saturated heterocycles. The molecule has 2 heterocycles. The van der Waals surface area contributed by atoms with Crippen molar-refractivity contribution in [2.45, 2.75) is 12.5 Å². The topological polar surface area (TPSA) is 29.1 Å². The van der Waals surface area contributed by atoms with E-state index in [0.29, 0.717) is 5.02 Å². The first-order valence-corrected chi connectivity index (χ1v) is 10.8. The Kier molecular flexibility index (Phi) is 4.91. The zero-order valence-electron chi connectivity index (χ0n) is 14.3. The van der Waals surface area contributed by atoms with E-state index >= 15 is 0 Å². The molecule has 2 nitrogen and oxygen atoms in total. The summed E-state index contributed by atoms with van der Waals surface area (Å²) in [6.07, 6.45) is 2.15. The van der Waals surface area contributed by atoms with Gasteiger partial charge in [-0.15, -0.1) is 23.5 Å². The van der Waals surface area contributed by atoms with Crippen LogP contribution >= 0.6 is 35.1 Å². The third-order valence-electron chi connectivity index (χ3n) is 4.57. The van der Waals surface area contributed by atoms with Gasteiger partial charge >= 0.3 is 0 Å². The van der Waals surface area contributed by atoms with Crippen LogP contribution in [0.1, 0.15) is 18.1 Å². The second kappa shape index (κ2) is 7.18. The van der Waals surface area contributed by atoms with Gasteiger partial charge < -0.3 is 5.32 Å². The first-order chi connectivity index (χ1) is 12.6. The third-order valence-corrected chi connectivity index (χ3v) is 7.62. The molecule has 1 amide bonds. The maximum absolute atomic E-state index is 13.2. The average Bonchev–Trinajstić information content (AvgIpc) is 3.16. The highest BCUT2D eigenvalue weighted by Crippen LogP contribution is 2.46. The minimum absolute atomic E-state index is 0.0364. The van der Waals surface area contributed by atoms with Gasteiger partial charge in [0.15, 0.2) is 0 Å². The van der Waals surface area contributed by atoms with Crippen LogP contribution in [0.4, 0.5) is 0 Å². The maximum Gasteiger partial charge on any atom is 0.254 e. The molecule has 1 fully saturated rings. The highest BCUT2D eigenvalue weighted by atomic mass is 35.5. The van der Waals surface area contributed by atoms with Gasteiger partial charge in [0.05, 0.1) is 15.3 Å². The number of carbonyl (C=O) groups excluding carboxylic acids is 1. The van der Waals surface area contributed by atoms with Crippen molar-refractivity contribution in [3.05, 3.63) is 86.6 Å². The van der Waals surface area contributed by atoms with E-state index in [1.807, 2.05) is 49.4 Å². The lowest BCUT2D eigenvalue weighted by atomic mass is 9.82. The molecule has 4 rings (SSSR count). The van der Waals surface area contributed by atoms with E-state index in [4.69, 9.17) is 11.6 Å². The van der Waals surface area contributed by atoms with Crippen LogP contribution in [-0.4, -0.2) is 17.4 Å². The molecular weight excluding hydrogens is 382 g/mol. The number of carbonyl (C=O) groups is 1. The van der Waals surface area contributed by atoms with E-state index in [-0.39, 0.29) is 5.91 Å². The van der Waals surface area contributed by atoms with Crippen LogP contribution in [0.15, 0.2) is 70.5 Å². The Bertz CT molecular complexity index is 915. The minimum Gasteiger partial charge on any atom is -0.339 e.